The zero-order chi connectivity index (χ0) is 14.4. The van der Waals surface area contributed by atoms with Crippen LogP contribution in [0.3, 0.4) is 0 Å². The summed E-state index contributed by atoms with van der Waals surface area (Å²) in [5, 5.41) is 12.0. The van der Waals surface area contributed by atoms with Gasteiger partial charge in [0.15, 0.2) is 6.21 Å². The molecule has 0 atom stereocenters. The van der Waals surface area contributed by atoms with Crippen molar-refractivity contribution in [1.29, 1.82) is 0 Å². The summed E-state index contributed by atoms with van der Waals surface area (Å²) in [6, 6.07) is 15.7. The third kappa shape index (κ3) is 3.45. The van der Waals surface area contributed by atoms with Crippen molar-refractivity contribution < 1.29 is 14.3 Å². The third-order valence-corrected chi connectivity index (χ3v) is 2.70. The number of nitrogens with zero attached hydrogens (tertiary/aromatic N) is 1. The van der Waals surface area contributed by atoms with Crippen LogP contribution in [-0.4, -0.2) is 23.5 Å². The molecule has 0 aliphatic rings. The van der Waals surface area contributed by atoms with Crippen LogP contribution in [-0.2, 0) is 4.74 Å². The molecular formula is C16H15NO3. The van der Waals surface area contributed by atoms with Gasteiger partial charge in [0, 0.05) is 17.7 Å². The Hall–Kier alpha value is -2.62. The van der Waals surface area contributed by atoms with Gasteiger partial charge in [0.2, 0.25) is 5.69 Å². The topological polar surface area (TPSA) is 52.4 Å². The van der Waals surface area contributed by atoms with E-state index in [0.717, 1.165) is 10.3 Å². The minimum atomic E-state index is -0.386. The summed E-state index contributed by atoms with van der Waals surface area (Å²) in [5.74, 6) is -0.386. The predicted octanol–water partition coefficient (Wildman–Crippen LogP) is 3.12. The fraction of sp³-hybridized carbons (Fsp3) is 0.125. The molecule has 4 heteroatoms. The quantitative estimate of drug-likeness (QED) is 0.282. The molecule has 102 valence electrons. The van der Waals surface area contributed by atoms with Crippen LogP contribution in [0.5, 0.6) is 0 Å². The van der Waals surface area contributed by atoms with Crippen molar-refractivity contribution in [2.24, 2.45) is 0 Å². The van der Waals surface area contributed by atoms with Gasteiger partial charge < -0.3 is 9.94 Å². The van der Waals surface area contributed by atoms with Crippen molar-refractivity contribution in [3.63, 3.8) is 0 Å². The number of carbonyl (C=O) groups is 1. The summed E-state index contributed by atoms with van der Waals surface area (Å²) in [6.45, 7) is 2.08. The molecule has 0 aromatic heterocycles. The monoisotopic (exact) mass is 269 g/mol. The van der Waals surface area contributed by atoms with Crippen LogP contribution < -0.4 is 0 Å². The molecule has 0 radical (unpaired) electrons. The smallest absolute Gasteiger partial charge is 0.338 e. The van der Waals surface area contributed by atoms with Crippen LogP contribution >= 0.6 is 0 Å². The summed E-state index contributed by atoms with van der Waals surface area (Å²) < 4.78 is 5.65. The SMILES string of the molecule is CCOC(=O)c1ccc([N+]([O-])=Cc2ccccc2)cc1. The zero-order valence-corrected chi connectivity index (χ0v) is 11.2. The Balaban J connectivity index is 2.17. The van der Waals surface area contributed by atoms with Crippen LogP contribution in [0.25, 0.3) is 0 Å². The van der Waals surface area contributed by atoms with Crippen molar-refractivity contribution in [3.05, 3.63) is 70.9 Å². The molecule has 4 nitrogen and oxygen atoms in total. The van der Waals surface area contributed by atoms with E-state index in [1.54, 1.807) is 31.2 Å². The standard InChI is InChI=1S/C16H15NO3/c1-2-20-16(18)14-8-10-15(11-9-14)17(19)12-13-6-4-3-5-7-13/h3-12H,2H2,1H3. The Bertz CT molecular complexity index is 603. The number of esters is 1. The molecule has 0 saturated carbocycles. The Morgan fingerprint density at radius 3 is 2.40 bits per heavy atom. The van der Waals surface area contributed by atoms with E-state index >= 15 is 0 Å². The van der Waals surface area contributed by atoms with Crippen molar-refractivity contribution in [3.8, 4) is 0 Å². The van der Waals surface area contributed by atoms with Gasteiger partial charge >= 0.3 is 5.97 Å². The number of ether oxygens (including phenoxy) is 1. The lowest BCUT2D eigenvalue weighted by atomic mass is 10.2. The fourth-order valence-electron chi connectivity index (χ4n) is 1.71. The highest BCUT2D eigenvalue weighted by molar-refractivity contribution is 5.89. The first-order chi connectivity index (χ1) is 9.70. The van der Waals surface area contributed by atoms with Crippen LogP contribution in [0.4, 0.5) is 5.69 Å². The highest BCUT2D eigenvalue weighted by Crippen LogP contribution is 2.13. The summed E-state index contributed by atoms with van der Waals surface area (Å²) in [5.41, 5.74) is 1.71. The minimum absolute atomic E-state index is 0.329. The van der Waals surface area contributed by atoms with Gasteiger partial charge in [-0.1, -0.05) is 18.2 Å². The van der Waals surface area contributed by atoms with E-state index in [1.165, 1.54) is 6.21 Å². The van der Waals surface area contributed by atoms with Crippen LogP contribution in [0, 0.1) is 5.21 Å². The highest BCUT2D eigenvalue weighted by atomic mass is 16.5. The lowest BCUT2D eigenvalue weighted by Crippen LogP contribution is -2.05. The first-order valence-corrected chi connectivity index (χ1v) is 6.34. The van der Waals surface area contributed by atoms with Gasteiger partial charge in [0.05, 0.1) is 12.2 Å². The summed E-state index contributed by atoms with van der Waals surface area (Å²) in [4.78, 5) is 11.5. The molecule has 0 unspecified atom stereocenters. The van der Waals surface area contributed by atoms with E-state index < -0.39 is 0 Å². The molecule has 20 heavy (non-hydrogen) atoms. The Kier molecular flexibility index (Phi) is 4.50. The average Bonchev–Trinajstić information content (AvgIpc) is 2.48. The van der Waals surface area contributed by atoms with E-state index in [4.69, 9.17) is 4.74 Å². The van der Waals surface area contributed by atoms with Gasteiger partial charge in [-0.2, -0.15) is 4.74 Å². The number of benzene rings is 2. The molecule has 0 bridgehead atoms. The van der Waals surface area contributed by atoms with Crippen molar-refractivity contribution >= 4 is 17.9 Å². The Labute approximate surface area is 117 Å². The van der Waals surface area contributed by atoms with Gasteiger partial charge in [-0.05, 0) is 31.2 Å². The molecule has 2 aromatic rings. The molecule has 0 saturated heterocycles. The molecule has 2 aromatic carbocycles. The van der Waals surface area contributed by atoms with Crippen molar-refractivity contribution in [1.82, 2.24) is 0 Å². The van der Waals surface area contributed by atoms with E-state index in [-0.39, 0.29) is 5.97 Å². The molecule has 0 spiro atoms. The van der Waals surface area contributed by atoms with Crippen LogP contribution in [0.1, 0.15) is 22.8 Å². The Morgan fingerprint density at radius 1 is 1.15 bits per heavy atom. The minimum Gasteiger partial charge on any atom is -0.618 e. The molecule has 0 aliphatic heterocycles. The number of hydrogen-bond acceptors (Lipinski definition) is 3. The maximum atomic E-state index is 12.0. The number of hydrogen-bond donors (Lipinski definition) is 0. The van der Waals surface area contributed by atoms with Gasteiger partial charge in [0.1, 0.15) is 0 Å². The van der Waals surface area contributed by atoms with Gasteiger partial charge in [-0.3, -0.25) is 0 Å². The highest BCUT2D eigenvalue weighted by Gasteiger charge is 2.08. The largest absolute Gasteiger partial charge is 0.618 e. The fourth-order valence-corrected chi connectivity index (χ4v) is 1.71. The van der Waals surface area contributed by atoms with E-state index in [0.29, 0.717) is 17.9 Å². The van der Waals surface area contributed by atoms with E-state index in [9.17, 15) is 10.0 Å². The van der Waals surface area contributed by atoms with Crippen molar-refractivity contribution in [2.45, 2.75) is 6.92 Å². The van der Waals surface area contributed by atoms with E-state index in [1.807, 2.05) is 30.3 Å². The lowest BCUT2D eigenvalue weighted by Gasteiger charge is -2.04. The van der Waals surface area contributed by atoms with Gasteiger partial charge in [-0.15, -0.1) is 0 Å². The molecule has 0 aliphatic carbocycles. The maximum absolute atomic E-state index is 12.0. The second kappa shape index (κ2) is 6.52. The second-order valence-electron chi connectivity index (χ2n) is 4.13. The summed E-state index contributed by atoms with van der Waals surface area (Å²) in [7, 11) is 0. The molecule has 0 fully saturated rings. The van der Waals surface area contributed by atoms with Crippen LogP contribution in [0.2, 0.25) is 0 Å². The summed E-state index contributed by atoms with van der Waals surface area (Å²) in [6.07, 6.45) is 1.49. The third-order valence-electron chi connectivity index (χ3n) is 2.70. The lowest BCUT2D eigenvalue weighted by molar-refractivity contribution is -0.354. The molecule has 2 rings (SSSR count). The van der Waals surface area contributed by atoms with Gasteiger partial charge in [0.25, 0.3) is 0 Å². The predicted molar refractivity (Wildman–Crippen MR) is 77.3 cm³/mol. The number of rotatable bonds is 4. The first kappa shape index (κ1) is 13.8. The Morgan fingerprint density at radius 2 is 1.80 bits per heavy atom. The second-order valence-corrected chi connectivity index (χ2v) is 4.13. The normalized spacial score (nSPS) is 11.2. The maximum Gasteiger partial charge on any atom is 0.338 e. The van der Waals surface area contributed by atoms with E-state index in [2.05, 4.69) is 0 Å². The molecular weight excluding hydrogens is 254 g/mol. The molecule has 0 N–H and O–H groups in total. The van der Waals surface area contributed by atoms with Gasteiger partial charge in [-0.25, -0.2) is 4.79 Å². The zero-order valence-electron chi connectivity index (χ0n) is 11.2. The molecule has 0 amide bonds. The summed E-state index contributed by atoms with van der Waals surface area (Å²) >= 11 is 0. The number of carbonyl (C=O) groups excluding carboxylic acids is 1. The first-order valence-electron chi connectivity index (χ1n) is 6.34. The molecule has 0 heterocycles. The average molecular weight is 269 g/mol. The van der Waals surface area contributed by atoms with Crippen molar-refractivity contribution in [2.75, 3.05) is 6.61 Å². The van der Waals surface area contributed by atoms with Crippen LogP contribution in [0.15, 0.2) is 54.6 Å².